The molecule has 0 spiro atoms. The van der Waals surface area contributed by atoms with Gasteiger partial charge in [0, 0.05) is 19.6 Å². The summed E-state index contributed by atoms with van der Waals surface area (Å²) in [6.07, 6.45) is 7.84. The number of carbonyl (C=O) groups excluding carboxylic acids is 1. The summed E-state index contributed by atoms with van der Waals surface area (Å²) in [7, 11) is -3.55. The second kappa shape index (κ2) is 9.30. The van der Waals surface area contributed by atoms with E-state index in [-0.39, 0.29) is 10.8 Å². The van der Waals surface area contributed by atoms with E-state index in [2.05, 4.69) is 10.2 Å². The summed E-state index contributed by atoms with van der Waals surface area (Å²) in [6, 6.07) is 1.56. The van der Waals surface area contributed by atoms with Crippen LogP contribution in [0.15, 0.2) is 16.3 Å². The van der Waals surface area contributed by atoms with Crippen LogP contribution in [0.1, 0.15) is 54.6 Å². The van der Waals surface area contributed by atoms with E-state index in [1.165, 1.54) is 41.3 Å². The summed E-state index contributed by atoms with van der Waals surface area (Å²) < 4.78 is 27.0. The molecular weight excluding hydrogens is 370 g/mol. The molecule has 3 heterocycles. The summed E-state index contributed by atoms with van der Waals surface area (Å²) in [5.74, 6) is -0.270. The van der Waals surface area contributed by atoms with Crippen molar-refractivity contribution in [2.24, 2.45) is 0 Å². The highest BCUT2D eigenvalue weighted by molar-refractivity contribution is 7.89. The molecule has 0 atom stereocenters. The number of thiophene rings is 1. The molecule has 26 heavy (non-hydrogen) atoms. The van der Waals surface area contributed by atoms with Gasteiger partial charge in [0.05, 0.1) is 0 Å². The third kappa shape index (κ3) is 4.85. The number of hydrogen-bond donors (Lipinski definition) is 1. The average molecular weight is 400 g/mol. The first kappa shape index (κ1) is 19.8. The molecule has 2 aliphatic rings. The second-order valence-corrected chi connectivity index (χ2v) is 9.91. The highest BCUT2D eigenvalue weighted by Crippen LogP contribution is 2.27. The number of carbonyl (C=O) groups is 1. The molecule has 6 nitrogen and oxygen atoms in total. The Morgan fingerprint density at radius 2 is 1.69 bits per heavy atom. The zero-order valence-corrected chi connectivity index (χ0v) is 16.9. The zero-order valence-electron chi connectivity index (χ0n) is 15.3. The van der Waals surface area contributed by atoms with Crippen LogP contribution >= 0.6 is 11.3 Å². The Labute approximate surface area is 160 Å². The van der Waals surface area contributed by atoms with Crippen LogP contribution in [0.2, 0.25) is 0 Å². The van der Waals surface area contributed by atoms with Crippen LogP contribution in [-0.4, -0.2) is 62.8 Å². The van der Waals surface area contributed by atoms with Crippen molar-refractivity contribution in [2.75, 3.05) is 39.3 Å². The molecule has 2 aliphatic heterocycles. The number of nitrogens with zero attached hydrogens (tertiary/aromatic N) is 2. The first-order valence-corrected chi connectivity index (χ1v) is 12.0. The van der Waals surface area contributed by atoms with Crippen LogP contribution < -0.4 is 5.32 Å². The Hall–Kier alpha value is -0.960. The molecule has 146 valence electrons. The number of rotatable bonds is 7. The van der Waals surface area contributed by atoms with Crippen LogP contribution in [0.3, 0.4) is 0 Å². The van der Waals surface area contributed by atoms with E-state index in [0.717, 1.165) is 38.9 Å². The Morgan fingerprint density at radius 1 is 1.04 bits per heavy atom. The van der Waals surface area contributed by atoms with Crippen molar-refractivity contribution in [3.63, 3.8) is 0 Å². The minimum atomic E-state index is -3.55. The van der Waals surface area contributed by atoms with Gasteiger partial charge in [-0.25, -0.2) is 8.42 Å². The number of nitrogens with one attached hydrogen (secondary N) is 1. The standard InChI is InChI=1S/C18H29N3O3S2/c22-18(19-9-7-12-20-10-3-1-2-4-11-20)17-16(8-15-25-17)26(23,24)21-13-5-6-14-21/h8,15H,1-7,9-14H2,(H,19,22). The summed E-state index contributed by atoms with van der Waals surface area (Å²) in [5, 5.41) is 4.59. The van der Waals surface area contributed by atoms with Crippen LogP contribution in [0.5, 0.6) is 0 Å². The third-order valence-corrected chi connectivity index (χ3v) is 8.14. The van der Waals surface area contributed by atoms with Gasteiger partial charge in [0.15, 0.2) is 0 Å². The van der Waals surface area contributed by atoms with Gasteiger partial charge >= 0.3 is 0 Å². The van der Waals surface area contributed by atoms with Crippen LogP contribution in [0.4, 0.5) is 0 Å². The fraction of sp³-hybridized carbons (Fsp3) is 0.722. The summed E-state index contributed by atoms with van der Waals surface area (Å²) in [4.78, 5) is 15.4. The van der Waals surface area contributed by atoms with Crippen LogP contribution in [0, 0.1) is 0 Å². The molecule has 1 N–H and O–H groups in total. The summed E-state index contributed by atoms with van der Waals surface area (Å²) in [5.41, 5.74) is 0. The maximum atomic E-state index is 12.7. The molecule has 3 rings (SSSR count). The summed E-state index contributed by atoms with van der Waals surface area (Å²) in [6.45, 7) is 4.97. The van der Waals surface area contributed by atoms with Crippen LogP contribution in [-0.2, 0) is 10.0 Å². The van der Waals surface area contributed by atoms with Crippen molar-refractivity contribution in [3.05, 3.63) is 16.3 Å². The van der Waals surface area contributed by atoms with Crippen molar-refractivity contribution in [3.8, 4) is 0 Å². The highest BCUT2D eigenvalue weighted by atomic mass is 32.2. The first-order chi connectivity index (χ1) is 12.6. The molecule has 1 aromatic heterocycles. The van der Waals surface area contributed by atoms with Gasteiger partial charge in [-0.15, -0.1) is 11.3 Å². The van der Waals surface area contributed by atoms with Gasteiger partial charge in [-0.3, -0.25) is 4.79 Å². The molecule has 0 unspecified atom stereocenters. The average Bonchev–Trinajstić information content (AvgIpc) is 3.28. The fourth-order valence-corrected chi connectivity index (χ4v) is 6.51. The molecular formula is C18H29N3O3S2. The van der Waals surface area contributed by atoms with Crippen molar-refractivity contribution >= 4 is 27.3 Å². The van der Waals surface area contributed by atoms with Crippen molar-refractivity contribution in [2.45, 2.75) is 49.8 Å². The van der Waals surface area contributed by atoms with Crippen LogP contribution in [0.25, 0.3) is 0 Å². The molecule has 1 aromatic rings. The SMILES string of the molecule is O=C(NCCCN1CCCCCC1)c1sccc1S(=O)(=O)N1CCCC1. The number of likely N-dealkylation sites (tertiary alicyclic amines) is 1. The minimum absolute atomic E-state index is 0.161. The van der Waals surface area contributed by atoms with Crippen molar-refractivity contribution < 1.29 is 13.2 Å². The van der Waals surface area contributed by atoms with Gasteiger partial charge in [0.2, 0.25) is 10.0 Å². The lowest BCUT2D eigenvalue weighted by Gasteiger charge is -2.19. The van der Waals surface area contributed by atoms with E-state index < -0.39 is 10.0 Å². The quantitative estimate of drug-likeness (QED) is 0.716. The van der Waals surface area contributed by atoms with E-state index in [4.69, 9.17) is 0 Å². The molecule has 1 amide bonds. The molecule has 0 saturated carbocycles. The first-order valence-electron chi connectivity index (χ1n) is 9.67. The van der Waals surface area contributed by atoms with Crippen molar-refractivity contribution in [1.29, 1.82) is 0 Å². The van der Waals surface area contributed by atoms with E-state index in [1.807, 2.05) is 0 Å². The lowest BCUT2D eigenvalue weighted by Crippen LogP contribution is -2.32. The van der Waals surface area contributed by atoms with Gasteiger partial charge in [-0.2, -0.15) is 4.31 Å². The monoisotopic (exact) mass is 399 g/mol. The predicted octanol–water partition coefficient (Wildman–Crippen LogP) is 2.53. The van der Waals surface area contributed by atoms with Gasteiger partial charge in [-0.05, 0) is 63.2 Å². The topological polar surface area (TPSA) is 69.7 Å². The minimum Gasteiger partial charge on any atom is -0.351 e. The van der Waals surface area contributed by atoms with Gasteiger partial charge in [0.1, 0.15) is 9.77 Å². The Morgan fingerprint density at radius 3 is 2.38 bits per heavy atom. The van der Waals surface area contributed by atoms with E-state index in [0.29, 0.717) is 24.5 Å². The lowest BCUT2D eigenvalue weighted by molar-refractivity contribution is 0.0952. The van der Waals surface area contributed by atoms with Gasteiger partial charge < -0.3 is 10.2 Å². The largest absolute Gasteiger partial charge is 0.351 e. The van der Waals surface area contributed by atoms with E-state index in [1.54, 1.807) is 11.4 Å². The van der Waals surface area contributed by atoms with Gasteiger partial charge in [-0.1, -0.05) is 12.8 Å². The normalized spacial score (nSPS) is 20.2. The van der Waals surface area contributed by atoms with Crippen molar-refractivity contribution in [1.82, 2.24) is 14.5 Å². The molecule has 0 aliphatic carbocycles. The predicted molar refractivity (Wildman–Crippen MR) is 104 cm³/mol. The molecule has 2 fully saturated rings. The zero-order chi connectivity index (χ0) is 18.4. The smallest absolute Gasteiger partial charge is 0.262 e. The number of sulfonamides is 1. The lowest BCUT2D eigenvalue weighted by atomic mass is 10.2. The maximum absolute atomic E-state index is 12.7. The fourth-order valence-electron chi connectivity index (χ4n) is 3.68. The Bertz CT molecular complexity index is 688. The number of amides is 1. The second-order valence-electron chi connectivity index (χ2n) is 7.09. The molecule has 2 saturated heterocycles. The third-order valence-electron chi connectivity index (χ3n) is 5.15. The van der Waals surface area contributed by atoms with Gasteiger partial charge in [0.25, 0.3) is 5.91 Å². The molecule has 0 radical (unpaired) electrons. The Balaban J connectivity index is 1.51. The highest BCUT2D eigenvalue weighted by Gasteiger charge is 2.31. The Kier molecular flexibility index (Phi) is 7.08. The van der Waals surface area contributed by atoms with E-state index in [9.17, 15) is 13.2 Å². The molecule has 8 heteroatoms. The molecule has 0 bridgehead atoms. The number of hydrogen-bond acceptors (Lipinski definition) is 5. The summed E-state index contributed by atoms with van der Waals surface area (Å²) >= 11 is 1.20. The maximum Gasteiger partial charge on any atom is 0.262 e. The molecule has 0 aromatic carbocycles. The van der Waals surface area contributed by atoms with E-state index >= 15 is 0 Å².